The van der Waals surface area contributed by atoms with Crippen LogP contribution in [-0.4, -0.2) is 29.0 Å². The number of nitrogens with zero attached hydrogens (tertiary/aromatic N) is 3. The molecule has 154 valence electrons. The second-order valence-electron chi connectivity index (χ2n) is 6.79. The van der Waals surface area contributed by atoms with E-state index in [0.717, 1.165) is 0 Å². The molecule has 0 fully saturated rings. The van der Waals surface area contributed by atoms with Crippen LogP contribution >= 0.6 is 0 Å². The van der Waals surface area contributed by atoms with Gasteiger partial charge in [-0.15, -0.1) is 0 Å². The van der Waals surface area contributed by atoms with Crippen LogP contribution in [0.2, 0.25) is 0 Å². The molecule has 9 heteroatoms. The van der Waals surface area contributed by atoms with Gasteiger partial charge in [0, 0.05) is 26.3 Å². The second-order valence-corrected chi connectivity index (χ2v) is 6.79. The van der Waals surface area contributed by atoms with Crippen molar-refractivity contribution >= 4 is 28.4 Å². The van der Waals surface area contributed by atoms with Crippen LogP contribution in [0.3, 0.4) is 0 Å². The monoisotopic (exact) mass is 408 g/mol. The van der Waals surface area contributed by atoms with E-state index < -0.39 is 5.91 Å². The molecular weight excluding hydrogens is 386 g/mol. The van der Waals surface area contributed by atoms with E-state index in [4.69, 9.17) is 14.9 Å². The van der Waals surface area contributed by atoms with Gasteiger partial charge in [0.15, 0.2) is 0 Å². The van der Waals surface area contributed by atoms with Crippen LogP contribution < -0.4 is 21.2 Å². The smallest absolute Gasteiger partial charge is 0.278 e. The molecule has 4 aromatic heterocycles. The summed E-state index contributed by atoms with van der Waals surface area (Å²) < 4.78 is 13.5. The van der Waals surface area contributed by atoms with Crippen molar-refractivity contribution in [1.29, 1.82) is 0 Å². The SMILES string of the molecule is COCCC[n+]1c(N)c(C(=O)NCc2ccco2)cc2c(=O)n3ccccc3nc21. The average molecular weight is 408 g/mol. The molecular formula is C21H22N5O4+. The van der Waals surface area contributed by atoms with Crippen molar-refractivity contribution < 1.29 is 18.5 Å². The lowest BCUT2D eigenvalue weighted by molar-refractivity contribution is -0.659. The zero-order valence-electron chi connectivity index (χ0n) is 16.5. The average Bonchev–Trinajstić information content (AvgIpc) is 3.27. The second kappa shape index (κ2) is 8.34. The maximum atomic E-state index is 13.1. The first-order valence-electron chi connectivity index (χ1n) is 9.53. The van der Waals surface area contributed by atoms with Crippen LogP contribution in [0.4, 0.5) is 5.82 Å². The molecule has 0 aliphatic carbocycles. The Morgan fingerprint density at radius 1 is 1.33 bits per heavy atom. The highest BCUT2D eigenvalue weighted by molar-refractivity contribution is 6.00. The molecule has 0 saturated carbocycles. The summed E-state index contributed by atoms with van der Waals surface area (Å²) in [5.41, 5.74) is 7.24. The normalized spacial score (nSPS) is 11.2. The van der Waals surface area contributed by atoms with Crippen molar-refractivity contribution in [3.63, 3.8) is 0 Å². The minimum Gasteiger partial charge on any atom is -0.467 e. The number of rotatable bonds is 7. The number of methoxy groups -OCH3 is 1. The Balaban J connectivity index is 1.84. The van der Waals surface area contributed by atoms with Crippen molar-refractivity contribution in [2.75, 3.05) is 19.5 Å². The zero-order valence-corrected chi connectivity index (χ0v) is 16.5. The van der Waals surface area contributed by atoms with E-state index in [9.17, 15) is 9.59 Å². The van der Waals surface area contributed by atoms with Crippen molar-refractivity contribution in [1.82, 2.24) is 14.7 Å². The van der Waals surface area contributed by atoms with Gasteiger partial charge in [-0.1, -0.05) is 11.1 Å². The van der Waals surface area contributed by atoms with E-state index in [-0.39, 0.29) is 23.5 Å². The number of hydrogen-bond donors (Lipinski definition) is 2. The summed E-state index contributed by atoms with van der Waals surface area (Å²) in [5.74, 6) is 0.454. The number of ether oxygens (including phenoxy) is 1. The topological polar surface area (TPSA) is 116 Å². The lowest BCUT2D eigenvalue weighted by atomic mass is 10.1. The molecule has 1 amide bonds. The number of nitrogen functional groups attached to an aromatic ring is 1. The molecule has 0 saturated heterocycles. The number of carbonyl (C=O) groups excluding carboxylic acids is 1. The maximum absolute atomic E-state index is 13.1. The first-order chi connectivity index (χ1) is 14.6. The van der Waals surface area contributed by atoms with Gasteiger partial charge in [0.05, 0.1) is 19.4 Å². The number of fused-ring (bicyclic) bond motifs is 2. The summed E-state index contributed by atoms with van der Waals surface area (Å²) in [4.78, 5) is 30.6. The lowest BCUT2D eigenvalue weighted by Crippen LogP contribution is -2.43. The number of pyridine rings is 2. The summed E-state index contributed by atoms with van der Waals surface area (Å²) in [6.45, 7) is 1.17. The lowest BCUT2D eigenvalue weighted by Gasteiger charge is -2.12. The predicted molar refractivity (Wildman–Crippen MR) is 110 cm³/mol. The van der Waals surface area contributed by atoms with Crippen LogP contribution in [-0.2, 0) is 17.8 Å². The van der Waals surface area contributed by atoms with Crippen LogP contribution in [0, 0.1) is 0 Å². The highest BCUT2D eigenvalue weighted by atomic mass is 16.5. The molecule has 4 rings (SSSR count). The first-order valence-corrected chi connectivity index (χ1v) is 9.53. The van der Waals surface area contributed by atoms with E-state index in [1.54, 1.807) is 42.1 Å². The third-order valence-electron chi connectivity index (χ3n) is 4.84. The molecule has 0 aromatic carbocycles. The summed E-state index contributed by atoms with van der Waals surface area (Å²) in [6, 6.07) is 10.3. The van der Waals surface area contributed by atoms with E-state index in [1.807, 2.05) is 6.07 Å². The Hall–Kier alpha value is -3.72. The molecule has 4 heterocycles. The number of nitrogens with two attached hydrogens (primary N) is 1. The Kier molecular flexibility index (Phi) is 5.44. The standard InChI is InChI=1S/C21H21N5O4/c1-29-10-5-9-26-18(22)15(20(27)23-13-14-6-4-11-30-14)12-16-19(26)24-17-7-2-3-8-25(17)21(16)28/h2-4,6-8,11-12,22H,5,9-10,13H2,1H3,(H,23,27)/p+1. The van der Waals surface area contributed by atoms with Gasteiger partial charge in [-0.3, -0.25) is 14.0 Å². The van der Waals surface area contributed by atoms with E-state index in [0.29, 0.717) is 42.0 Å². The van der Waals surface area contributed by atoms with Crippen LogP contribution in [0.25, 0.3) is 16.7 Å². The molecule has 0 atom stereocenters. The van der Waals surface area contributed by atoms with E-state index >= 15 is 0 Å². The fourth-order valence-corrected chi connectivity index (χ4v) is 3.35. The van der Waals surface area contributed by atoms with Gasteiger partial charge in [0.25, 0.3) is 17.1 Å². The number of hydrogen-bond acceptors (Lipinski definition) is 6. The summed E-state index contributed by atoms with van der Waals surface area (Å²) in [6.07, 6.45) is 3.83. The van der Waals surface area contributed by atoms with E-state index in [1.165, 1.54) is 16.7 Å². The van der Waals surface area contributed by atoms with Crippen LogP contribution in [0.5, 0.6) is 0 Å². The third-order valence-corrected chi connectivity index (χ3v) is 4.84. The van der Waals surface area contributed by atoms with Gasteiger partial charge >= 0.3 is 0 Å². The molecule has 0 radical (unpaired) electrons. The zero-order chi connectivity index (χ0) is 21.1. The van der Waals surface area contributed by atoms with Gasteiger partial charge in [0.1, 0.15) is 16.7 Å². The number of aromatic nitrogens is 3. The molecule has 0 aliphatic rings. The van der Waals surface area contributed by atoms with Gasteiger partial charge in [0.2, 0.25) is 11.5 Å². The number of carbonyl (C=O) groups is 1. The summed E-state index contributed by atoms with van der Waals surface area (Å²) in [7, 11) is 1.61. The van der Waals surface area contributed by atoms with Crippen molar-refractivity contribution in [2.45, 2.75) is 19.5 Å². The first kappa shape index (κ1) is 19.6. The Morgan fingerprint density at radius 3 is 2.97 bits per heavy atom. The minimum atomic E-state index is -0.399. The largest absolute Gasteiger partial charge is 0.467 e. The predicted octanol–water partition coefficient (Wildman–Crippen LogP) is 1.28. The van der Waals surface area contributed by atoms with Gasteiger partial charge < -0.3 is 20.2 Å². The Bertz CT molecular complexity index is 1260. The molecule has 0 unspecified atom stereocenters. The highest BCUT2D eigenvalue weighted by Crippen LogP contribution is 2.15. The van der Waals surface area contributed by atoms with Gasteiger partial charge in [-0.05, 0) is 30.3 Å². The van der Waals surface area contributed by atoms with Crippen molar-refractivity contribution in [3.05, 3.63) is 70.5 Å². The van der Waals surface area contributed by atoms with Crippen LogP contribution in [0.1, 0.15) is 22.5 Å². The quantitative estimate of drug-likeness (QED) is 0.270. The van der Waals surface area contributed by atoms with Crippen LogP contribution in [0.15, 0.2) is 58.1 Å². The molecule has 0 spiro atoms. The van der Waals surface area contributed by atoms with E-state index in [2.05, 4.69) is 10.3 Å². The molecule has 4 aromatic rings. The van der Waals surface area contributed by atoms with Gasteiger partial charge in [-0.25, -0.2) is 4.57 Å². The summed E-state index contributed by atoms with van der Waals surface area (Å²) in [5, 5.41) is 3.09. The Morgan fingerprint density at radius 2 is 2.20 bits per heavy atom. The minimum absolute atomic E-state index is 0.209. The number of nitrogens with one attached hydrogen (secondary N) is 1. The maximum Gasteiger partial charge on any atom is 0.278 e. The third kappa shape index (κ3) is 3.62. The number of anilines is 1. The Labute approximate surface area is 171 Å². The van der Waals surface area contributed by atoms with Gasteiger partial charge in [-0.2, -0.15) is 0 Å². The number of amides is 1. The summed E-state index contributed by atoms with van der Waals surface area (Å²) >= 11 is 0. The molecule has 3 N–H and O–H groups in total. The fourth-order valence-electron chi connectivity index (χ4n) is 3.35. The van der Waals surface area contributed by atoms with Crippen molar-refractivity contribution in [2.24, 2.45) is 0 Å². The molecule has 9 nitrogen and oxygen atoms in total. The number of aryl methyl sites for hydroxylation is 1. The molecule has 0 aliphatic heterocycles. The highest BCUT2D eigenvalue weighted by Gasteiger charge is 2.24. The number of furan rings is 1. The van der Waals surface area contributed by atoms with Crippen molar-refractivity contribution in [3.8, 4) is 0 Å². The molecule has 30 heavy (non-hydrogen) atoms. The molecule has 0 bridgehead atoms. The fraction of sp³-hybridized carbons (Fsp3) is 0.238.